The van der Waals surface area contributed by atoms with Gasteiger partial charge in [0.15, 0.2) is 5.16 Å². The molecule has 4 nitrogen and oxygen atoms in total. The first-order valence-corrected chi connectivity index (χ1v) is 10.1. The summed E-state index contributed by atoms with van der Waals surface area (Å²) >= 11 is 2.48. The van der Waals surface area contributed by atoms with E-state index in [-0.39, 0.29) is 5.82 Å². The van der Waals surface area contributed by atoms with Gasteiger partial charge in [-0.15, -0.1) is 0 Å². The van der Waals surface area contributed by atoms with Crippen LogP contribution in [0.2, 0.25) is 0 Å². The minimum atomic E-state index is -0.902. The number of carboxylic acid groups (broad SMARTS) is 1. The van der Waals surface area contributed by atoms with Gasteiger partial charge in [0.05, 0.1) is 5.69 Å². The summed E-state index contributed by atoms with van der Waals surface area (Å²) in [6, 6.07) is 18.0. The Labute approximate surface area is 165 Å². The van der Waals surface area contributed by atoms with Crippen LogP contribution in [0.3, 0.4) is 0 Å². The highest BCUT2D eigenvalue weighted by molar-refractivity contribution is 8.00. The molecular formula is C20H17FN2O2S2. The molecule has 0 bridgehead atoms. The molecule has 1 N–H and O–H groups in total. The van der Waals surface area contributed by atoms with E-state index < -0.39 is 11.2 Å². The first-order chi connectivity index (χ1) is 13.0. The lowest BCUT2D eigenvalue weighted by Crippen LogP contribution is -2.11. The third kappa shape index (κ3) is 5.30. The number of rotatable bonds is 7. The number of hydrogen-bond acceptors (Lipinski definition) is 5. The lowest BCUT2D eigenvalue weighted by molar-refractivity contribution is -0.136. The fourth-order valence-electron chi connectivity index (χ4n) is 2.27. The first-order valence-electron chi connectivity index (χ1n) is 8.23. The number of aromatic nitrogens is 2. The zero-order valence-corrected chi connectivity index (χ0v) is 16.1. The van der Waals surface area contributed by atoms with Crippen molar-refractivity contribution < 1.29 is 14.3 Å². The molecule has 1 unspecified atom stereocenters. The first kappa shape index (κ1) is 19.4. The van der Waals surface area contributed by atoms with Crippen molar-refractivity contribution in [3.8, 4) is 11.3 Å². The standard InChI is InChI=1S/C20H17FN2O2S2/c1-13(19(24)25)27-18-11-17(14-7-3-2-4-8-14)22-20(23-18)26-12-15-9-5-6-10-16(15)21/h2-11,13H,12H2,1H3,(H,24,25). The lowest BCUT2D eigenvalue weighted by atomic mass is 10.1. The number of carbonyl (C=O) groups is 1. The minimum absolute atomic E-state index is 0.265. The maximum Gasteiger partial charge on any atom is 0.316 e. The number of nitrogens with zero attached hydrogens (tertiary/aromatic N) is 2. The van der Waals surface area contributed by atoms with Gasteiger partial charge in [-0.2, -0.15) is 0 Å². The molecule has 2 aromatic carbocycles. The fraction of sp³-hybridized carbons (Fsp3) is 0.150. The van der Waals surface area contributed by atoms with Crippen molar-refractivity contribution in [2.24, 2.45) is 0 Å². The number of halogens is 1. The molecule has 1 aromatic heterocycles. The topological polar surface area (TPSA) is 63.1 Å². The van der Waals surface area contributed by atoms with Gasteiger partial charge in [0.2, 0.25) is 0 Å². The van der Waals surface area contributed by atoms with Gasteiger partial charge in [-0.05, 0) is 24.6 Å². The molecule has 1 atom stereocenters. The summed E-state index contributed by atoms with van der Waals surface area (Å²) in [4.78, 5) is 20.2. The highest BCUT2D eigenvalue weighted by atomic mass is 32.2. The third-order valence-corrected chi connectivity index (χ3v) is 5.61. The Morgan fingerprint density at radius 1 is 1.11 bits per heavy atom. The Morgan fingerprint density at radius 2 is 1.81 bits per heavy atom. The highest BCUT2D eigenvalue weighted by Crippen LogP contribution is 2.30. The molecule has 7 heteroatoms. The van der Waals surface area contributed by atoms with E-state index >= 15 is 0 Å². The molecule has 1 heterocycles. The van der Waals surface area contributed by atoms with Crippen LogP contribution >= 0.6 is 23.5 Å². The van der Waals surface area contributed by atoms with E-state index in [2.05, 4.69) is 9.97 Å². The molecule has 3 rings (SSSR count). The molecule has 138 valence electrons. The van der Waals surface area contributed by atoms with Crippen LogP contribution in [0.4, 0.5) is 4.39 Å². The molecule has 27 heavy (non-hydrogen) atoms. The Bertz CT molecular complexity index is 938. The van der Waals surface area contributed by atoms with Crippen LogP contribution in [-0.4, -0.2) is 26.3 Å². The number of thioether (sulfide) groups is 2. The Hall–Kier alpha value is -2.38. The molecule has 0 fully saturated rings. The molecule has 0 spiro atoms. The van der Waals surface area contributed by atoms with Gasteiger partial charge in [0.25, 0.3) is 0 Å². The second-order valence-corrected chi connectivity index (χ2v) is 8.02. The Kier molecular flexibility index (Phi) is 6.47. The van der Waals surface area contributed by atoms with Crippen LogP contribution < -0.4 is 0 Å². The van der Waals surface area contributed by atoms with Crippen molar-refractivity contribution in [1.82, 2.24) is 9.97 Å². The molecule has 0 amide bonds. The zero-order valence-electron chi connectivity index (χ0n) is 14.5. The van der Waals surface area contributed by atoms with Crippen LogP contribution in [0, 0.1) is 5.82 Å². The second-order valence-electron chi connectivity index (χ2n) is 5.72. The van der Waals surface area contributed by atoms with Crippen molar-refractivity contribution in [3.05, 3.63) is 72.0 Å². The number of aliphatic carboxylic acids is 1. The Balaban J connectivity index is 1.89. The van der Waals surface area contributed by atoms with Gasteiger partial charge < -0.3 is 5.11 Å². The molecule has 0 radical (unpaired) electrons. The van der Waals surface area contributed by atoms with Gasteiger partial charge in [0, 0.05) is 11.3 Å². The van der Waals surface area contributed by atoms with Crippen molar-refractivity contribution >= 4 is 29.5 Å². The largest absolute Gasteiger partial charge is 0.480 e. The van der Waals surface area contributed by atoms with Crippen LogP contribution in [0.25, 0.3) is 11.3 Å². The fourth-order valence-corrected chi connectivity index (χ4v) is 3.96. The van der Waals surface area contributed by atoms with Crippen LogP contribution in [0.5, 0.6) is 0 Å². The van der Waals surface area contributed by atoms with Gasteiger partial charge >= 0.3 is 5.97 Å². The third-order valence-electron chi connectivity index (χ3n) is 3.71. The van der Waals surface area contributed by atoms with Crippen molar-refractivity contribution in [1.29, 1.82) is 0 Å². The minimum Gasteiger partial charge on any atom is -0.480 e. The summed E-state index contributed by atoms with van der Waals surface area (Å²) in [5.74, 6) is -0.775. The summed E-state index contributed by atoms with van der Waals surface area (Å²) < 4.78 is 13.9. The van der Waals surface area contributed by atoms with E-state index in [9.17, 15) is 14.3 Å². The summed E-state index contributed by atoms with van der Waals surface area (Å²) in [6.45, 7) is 1.61. The van der Waals surface area contributed by atoms with E-state index in [1.165, 1.54) is 17.8 Å². The average Bonchev–Trinajstić information content (AvgIpc) is 2.68. The van der Waals surface area contributed by atoms with Crippen LogP contribution in [0.15, 0.2) is 70.8 Å². The van der Waals surface area contributed by atoms with Gasteiger partial charge in [0.1, 0.15) is 16.1 Å². The average molecular weight is 401 g/mol. The number of hydrogen-bond donors (Lipinski definition) is 1. The van der Waals surface area contributed by atoms with Gasteiger partial charge in [-0.1, -0.05) is 72.1 Å². The monoisotopic (exact) mass is 400 g/mol. The van der Waals surface area contributed by atoms with E-state index in [0.717, 1.165) is 17.3 Å². The smallest absolute Gasteiger partial charge is 0.316 e. The van der Waals surface area contributed by atoms with E-state index in [4.69, 9.17) is 0 Å². The van der Waals surface area contributed by atoms with Crippen molar-refractivity contribution in [3.63, 3.8) is 0 Å². The SMILES string of the molecule is CC(Sc1cc(-c2ccccc2)nc(SCc2ccccc2F)n1)C(=O)O. The molecule has 0 aliphatic rings. The maximum atomic E-state index is 13.9. The number of benzene rings is 2. The van der Waals surface area contributed by atoms with Crippen molar-refractivity contribution in [2.45, 2.75) is 28.1 Å². The highest BCUT2D eigenvalue weighted by Gasteiger charge is 2.16. The molecule has 0 saturated carbocycles. The summed E-state index contributed by atoms with van der Waals surface area (Å²) in [5.41, 5.74) is 2.20. The van der Waals surface area contributed by atoms with E-state index in [1.807, 2.05) is 30.3 Å². The van der Waals surface area contributed by atoms with Crippen LogP contribution in [-0.2, 0) is 10.5 Å². The summed E-state index contributed by atoms with van der Waals surface area (Å²) in [6.07, 6.45) is 0. The quantitative estimate of drug-likeness (QED) is 0.337. The zero-order chi connectivity index (χ0) is 19.2. The molecule has 0 aliphatic carbocycles. The van der Waals surface area contributed by atoms with Gasteiger partial charge in [-0.3, -0.25) is 4.79 Å². The summed E-state index contributed by atoms with van der Waals surface area (Å²) in [5, 5.41) is 9.60. The molecular weight excluding hydrogens is 383 g/mol. The molecule has 3 aromatic rings. The maximum absolute atomic E-state index is 13.9. The predicted molar refractivity (Wildman–Crippen MR) is 106 cm³/mol. The van der Waals surface area contributed by atoms with E-state index in [1.54, 1.807) is 31.2 Å². The second kappa shape index (κ2) is 9.01. The Morgan fingerprint density at radius 3 is 2.52 bits per heavy atom. The molecule has 0 aliphatic heterocycles. The summed E-state index contributed by atoms with van der Waals surface area (Å²) in [7, 11) is 0. The molecule has 0 saturated heterocycles. The van der Waals surface area contributed by atoms with Gasteiger partial charge in [-0.25, -0.2) is 14.4 Å². The predicted octanol–water partition coefficient (Wildman–Crippen LogP) is 5.14. The van der Waals surface area contributed by atoms with Crippen LogP contribution in [0.1, 0.15) is 12.5 Å². The van der Waals surface area contributed by atoms with E-state index in [0.29, 0.717) is 27.2 Å². The normalized spacial score (nSPS) is 11.9. The number of carboxylic acids is 1. The lowest BCUT2D eigenvalue weighted by Gasteiger charge is -2.10. The van der Waals surface area contributed by atoms with Crippen molar-refractivity contribution in [2.75, 3.05) is 0 Å².